The van der Waals surface area contributed by atoms with Crippen LogP contribution in [0.1, 0.15) is 24.2 Å². The maximum Gasteiger partial charge on any atom is 0.435 e. The molecule has 0 fully saturated rings. The molecule has 0 aliphatic rings. The van der Waals surface area contributed by atoms with Gasteiger partial charge in [0.15, 0.2) is 17.2 Å². The van der Waals surface area contributed by atoms with Crippen LogP contribution in [0.4, 0.5) is 13.2 Å². The van der Waals surface area contributed by atoms with Crippen molar-refractivity contribution in [3.63, 3.8) is 0 Å². The van der Waals surface area contributed by atoms with Crippen LogP contribution in [0.3, 0.4) is 0 Å². The van der Waals surface area contributed by atoms with Crippen LogP contribution in [0, 0.1) is 0 Å². The predicted molar refractivity (Wildman–Crippen MR) is 83.3 cm³/mol. The maximum atomic E-state index is 12.6. The fraction of sp³-hybridized carbons (Fsp3) is 0.375. The number of hydrogen-bond acceptors (Lipinski definition) is 4. The summed E-state index contributed by atoms with van der Waals surface area (Å²) >= 11 is 0. The number of halogens is 3. The average Bonchev–Trinajstić information content (AvgIpc) is 3.09. The fourth-order valence-corrected chi connectivity index (χ4v) is 2.15. The van der Waals surface area contributed by atoms with E-state index in [4.69, 9.17) is 9.47 Å². The molecule has 6 nitrogen and oxygen atoms in total. The highest BCUT2D eigenvalue weighted by molar-refractivity contribution is 5.79. The van der Waals surface area contributed by atoms with Crippen LogP contribution in [0.15, 0.2) is 30.5 Å². The van der Waals surface area contributed by atoms with Crippen LogP contribution in [-0.2, 0) is 17.5 Å². The molecule has 0 aliphatic heterocycles. The number of nitrogens with zero attached hydrogens (tertiary/aromatic N) is 2. The molecule has 1 amide bonds. The summed E-state index contributed by atoms with van der Waals surface area (Å²) in [5.74, 6) is 0.623. The van der Waals surface area contributed by atoms with Crippen molar-refractivity contribution in [3.8, 4) is 11.5 Å². The molecule has 1 atom stereocenters. The Bertz CT molecular complexity index is 744. The first-order valence-electron chi connectivity index (χ1n) is 7.37. The van der Waals surface area contributed by atoms with E-state index >= 15 is 0 Å². The highest BCUT2D eigenvalue weighted by atomic mass is 19.4. The van der Waals surface area contributed by atoms with Crippen LogP contribution in [0.5, 0.6) is 11.5 Å². The third-order valence-corrected chi connectivity index (χ3v) is 3.59. The third kappa shape index (κ3) is 4.43. The smallest absolute Gasteiger partial charge is 0.435 e. The number of alkyl halides is 3. The van der Waals surface area contributed by atoms with E-state index in [9.17, 15) is 18.0 Å². The van der Waals surface area contributed by atoms with Crippen molar-refractivity contribution in [3.05, 3.63) is 41.7 Å². The molecule has 2 aromatic rings. The number of carbonyl (C=O) groups is 1. The summed E-state index contributed by atoms with van der Waals surface area (Å²) in [4.78, 5) is 12.1. The molecule has 1 aromatic carbocycles. The number of ether oxygens (including phenoxy) is 2. The topological polar surface area (TPSA) is 65.4 Å². The summed E-state index contributed by atoms with van der Waals surface area (Å²) < 4.78 is 49.0. The second-order valence-electron chi connectivity index (χ2n) is 5.26. The van der Waals surface area contributed by atoms with E-state index in [2.05, 4.69) is 10.4 Å². The van der Waals surface area contributed by atoms with E-state index in [1.165, 1.54) is 21.1 Å². The van der Waals surface area contributed by atoms with E-state index in [1.54, 1.807) is 18.2 Å². The molecule has 25 heavy (non-hydrogen) atoms. The SMILES string of the molecule is COc1ccc(CNC(=O)C(C)n2ccc(C(F)(F)F)n2)cc1OC. The first-order valence-corrected chi connectivity index (χ1v) is 7.37. The zero-order valence-electron chi connectivity index (χ0n) is 13.9. The fourth-order valence-electron chi connectivity index (χ4n) is 2.15. The minimum atomic E-state index is -4.54. The number of methoxy groups -OCH3 is 2. The van der Waals surface area contributed by atoms with Gasteiger partial charge in [-0.3, -0.25) is 9.48 Å². The molecule has 0 bridgehead atoms. The summed E-state index contributed by atoms with van der Waals surface area (Å²) in [7, 11) is 3.01. The van der Waals surface area contributed by atoms with Gasteiger partial charge in [-0.25, -0.2) is 0 Å². The highest BCUT2D eigenvalue weighted by Crippen LogP contribution is 2.28. The molecule has 0 spiro atoms. The van der Waals surface area contributed by atoms with Crippen molar-refractivity contribution >= 4 is 5.91 Å². The molecule has 1 unspecified atom stereocenters. The molecule has 1 N–H and O–H groups in total. The zero-order chi connectivity index (χ0) is 18.6. The Labute approximate surface area is 142 Å². The van der Waals surface area contributed by atoms with Crippen LogP contribution in [0.25, 0.3) is 0 Å². The molecule has 0 radical (unpaired) electrons. The minimum Gasteiger partial charge on any atom is -0.493 e. The first-order chi connectivity index (χ1) is 11.8. The molecule has 0 aliphatic carbocycles. The van der Waals surface area contributed by atoms with E-state index < -0.39 is 23.8 Å². The lowest BCUT2D eigenvalue weighted by molar-refractivity contribution is -0.142. The number of hydrogen-bond donors (Lipinski definition) is 1. The van der Waals surface area contributed by atoms with Gasteiger partial charge >= 0.3 is 6.18 Å². The van der Waals surface area contributed by atoms with E-state index in [0.717, 1.165) is 22.5 Å². The van der Waals surface area contributed by atoms with Crippen molar-refractivity contribution in [2.75, 3.05) is 14.2 Å². The molecular formula is C16H18F3N3O3. The van der Waals surface area contributed by atoms with Gasteiger partial charge in [-0.15, -0.1) is 0 Å². The minimum absolute atomic E-state index is 0.191. The summed E-state index contributed by atoms with van der Waals surface area (Å²) in [5, 5.41) is 6.06. The summed E-state index contributed by atoms with van der Waals surface area (Å²) in [6.45, 7) is 1.66. The van der Waals surface area contributed by atoms with Gasteiger partial charge in [0, 0.05) is 12.7 Å². The predicted octanol–water partition coefficient (Wildman–Crippen LogP) is 2.80. The van der Waals surface area contributed by atoms with Gasteiger partial charge in [-0.2, -0.15) is 18.3 Å². The number of amides is 1. The first kappa shape index (κ1) is 18.6. The lowest BCUT2D eigenvalue weighted by Gasteiger charge is -2.14. The Morgan fingerprint density at radius 1 is 1.24 bits per heavy atom. The largest absolute Gasteiger partial charge is 0.493 e. The normalized spacial score (nSPS) is 12.6. The molecule has 1 heterocycles. The van der Waals surface area contributed by atoms with Gasteiger partial charge < -0.3 is 14.8 Å². The Morgan fingerprint density at radius 2 is 1.92 bits per heavy atom. The summed E-state index contributed by atoms with van der Waals surface area (Å²) in [6, 6.07) is 5.11. The van der Waals surface area contributed by atoms with Gasteiger partial charge in [-0.05, 0) is 30.7 Å². The van der Waals surface area contributed by atoms with Crippen molar-refractivity contribution in [1.82, 2.24) is 15.1 Å². The van der Waals surface area contributed by atoms with E-state index in [-0.39, 0.29) is 6.54 Å². The summed E-state index contributed by atoms with van der Waals surface area (Å²) in [6.07, 6.45) is -3.41. The van der Waals surface area contributed by atoms with Gasteiger partial charge in [0.2, 0.25) is 5.91 Å². The zero-order valence-corrected chi connectivity index (χ0v) is 13.9. The number of nitrogens with one attached hydrogen (secondary N) is 1. The molecular weight excluding hydrogens is 339 g/mol. The van der Waals surface area contributed by atoms with Crippen LogP contribution in [-0.4, -0.2) is 29.9 Å². The van der Waals surface area contributed by atoms with Crippen molar-refractivity contribution < 1.29 is 27.4 Å². The number of carbonyl (C=O) groups excluding carboxylic acids is 1. The molecule has 2 rings (SSSR count). The molecule has 9 heteroatoms. The lowest BCUT2D eigenvalue weighted by Crippen LogP contribution is -2.31. The van der Waals surface area contributed by atoms with Crippen molar-refractivity contribution in [1.29, 1.82) is 0 Å². The Hall–Kier alpha value is -2.71. The monoisotopic (exact) mass is 357 g/mol. The van der Waals surface area contributed by atoms with Crippen LogP contribution < -0.4 is 14.8 Å². The van der Waals surface area contributed by atoms with Gasteiger partial charge in [0.25, 0.3) is 0 Å². The number of aromatic nitrogens is 2. The third-order valence-electron chi connectivity index (χ3n) is 3.59. The quantitative estimate of drug-likeness (QED) is 0.863. The second kappa shape index (κ2) is 7.45. The second-order valence-corrected chi connectivity index (χ2v) is 5.26. The molecule has 0 saturated heterocycles. The Morgan fingerprint density at radius 3 is 2.48 bits per heavy atom. The van der Waals surface area contributed by atoms with Crippen LogP contribution >= 0.6 is 0 Å². The van der Waals surface area contributed by atoms with Crippen molar-refractivity contribution in [2.24, 2.45) is 0 Å². The highest BCUT2D eigenvalue weighted by Gasteiger charge is 2.34. The number of benzene rings is 1. The van der Waals surface area contributed by atoms with Gasteiger partial charge in [-0.1, -0.05) is 6.07 Å². The standard InChI is InChI=1S/C16H18F3N3O3/c1-10(22-7-6-14(21-22)16(17,18)19)15(23)20-9-11-4-5-12(24-2)13(8-11)25-3/h4-8,10H,9H2,1-3H3,(H,20,23). The van der Waals surface area contributed by atoms with E-state index in [0.29, 0.717) is 11.5 Å². The average molecular weight is 357 g/mol. The van der Waals surface area contributed by atoms with Crippen LogP contribution in [0.2, 0.25) is 0 Å². The lowest BCUT2D eigenvalue weighted by atomic mass is 10.2. The number of rotatable bonds is 6. The Balaban J connectivity index is 2.01. The maximum absolute atomic E-state index is 12.6. The molecule has 1 aromatic heterocycles. The molecule has 0 saturated carbocycles. The van der Waals surface area contributed by atoms with Crippen molar-refractivity contribution in [2.45, 2.75) is 25.7 Å². The van der Waals surface area contributed by atoms with Gasteiger partial charge in [0.05, 0.1) is 14.2 Å². The Kier molecular flexibility index (Phi) is 5.55. The van der Waals surface area contributed by atoms with E-state index in [1.807, 2.05) is 0 Å². The molecule has 136 valence electrons. The van der Waals surface area contributed by atoms with Gasteiger partial charge in [0.1, 0.15) is 6.04 Å². The summed E-state index contributed by atoms with van der Waals surface area (Å²) in [5.41, 5.74) is -0.276.